The number of nitrogens with zero attached hydrogens (tertiary/aromatic N) is 2. The van der Waals surface area contributed by atoms with Crippen molar-refractivity contribution in [3.05, 3.63) is 29.6 Å². The number of aromatic nitrogens is 2. The Morgan fingerprint density at radius 3 is 2.94 bits per heavy atom. The SMILES string of the molecule is CCCNCC/C=C(/C)Cc1ccn(C)n1. The Bertz CT molecular complexity index is 326. The van der Waals surface area contributed by atoms with Gasteiger partial charge in [0.1, 0.15) is 0 Å². The lowest BCUT2D eigenvalue weighted by atomic mass is 10.1. The molecule has 0 aliphatic heterocycles. The second-order valence-corrected chi connectivity index (χ2v) is 4.25. The van der Waals surface area contributed by atoms with Gasteiger partial charge in [-0.3, -0.25) is 4.68 Å². The molecule has 0 atom stereocenters. The van der Waals surface area contributed by atoms with E-state index in [1.165, 1.54) is 12.0 Å². The molecule has 0 bridgehead atoms. The van der Waals surface area contributed by atoms with Crippen LogP contribution in [0.25, 0.3) is 0 Å². The summed E-state index contributed by atoms with van der Waals surface area (Å²) in [5.74, 6) is 0. The van der Waals surface area contributed by atoms with Gasteiger partial charge in [-0.15, -0.1) is 0 Å². The normalized spacial score (nSPS) is 12.1. The van der Waals surface area contributed by atoms with Crippen LogP contribution in [0.1, 0.15) is 32.4 Å². The predicted octanol–water partition coefficient (Wildman–Crippen LogP) is 2.30. The van der Waals surface area contributed by atoms with Gasteiger partial charge in [-0.2, -0.15) is 5.10 Å². The lowest BCUT2D eigenvalue weighted by Gasteiger charge is -2.01. The average Bonchev–Trinajstić information content (AvgIpc) is 2.63. The van der Waals surface area contributed by atoms with Crippen LogP contribution in [0.15, 0.2) is 23.9 Å². The zero-order valence-electron chi connectivity index (χ0n) is 10.7. The zero-order valence-corrected chi connectivity index (χ0v) is 10.7. The summed E-state index contributed by atoms with van der Waals surface area (Å²) in [6.45, 7) is 6.56. The van der Waals surface area contributed by atoms with Crippen molar-refractivity contribution in [2.45, 2.75) is 33.1 Å². The Morgan fingerprint density at radius 1 is 1.50 bits per heavy atom. The number of allylic oxidation sites excluding steroid dienone is 1. The molecule has 0 saturated carbocycles. The summed E-state index contributed by atoms with van der Waals surface area (Å²) in [5, 5.41) is 7.76. The quantitative estimate of drug-likeness (QED) is 0.565. The van der Waals surface area contributed by atoms with Crippen LogP contribution in [0.5, 0.6) is 0 Å². The molecule has 0 amide bonds. The molecule has 3 heteroatoms. The molecule has 1 aromatic heterocycles. The highest BCUT2D eigenvalue weighted by molar-refractivity contribution is 5.11. The lowest BCUT2D eigenvalue weighted by molar-refractivity contribution is 0.676. The van der Waals surface area contributed by atoms with Crippen LogP contribution in [0.4, 0.5) is 0 Å². The standard InChI is InChI=1S/C13H23N3/c1-4-8-14-9-5-6-12(2)11-13-7-10-16(3)15-13/h6-7,10,14H,4-5,8-9,11H2,1-3H3/b12-6-. The molecule has 0 radical (unpaired) electrons. The zero-order chi connectivity index (χ0) is 11.8. The Kier molecular flexibility index (Phi) is 5.86. The summed E-state index contributed by atoms with van der Waals surface area (Å²) in [4.78, 5) is 0. The highest BCUT2D eigenvalue weighted by Gasteiger charge is 1.97. The number of nitrogens with one attached hydrogen (secondary N) is 1. The molecule has 1 rings (SSSR count). The van der Waals surface area contributed by atoms with E-state index in [2.05, 4.69) is 36.4 Å². The van der Waals surface area contributed by atoms with Gasteiger partial charge >= 0.3 is 0 Å². The molecule has 0 aliphatic carbocycles. The second kappa shape index (κ2) is 7.23. The fourth-order valence-electron chi connectivity index (χ4n) is 1.64. The smallest absolute Gasteiger partial charge is 0.0664 e. The molecule has 90 valence electrons. The van der Waals surface area contributed by atoms with Crippen LogP contribution < -0.4 is 5.32 Å². The molecule has 3 nitrogen and oxygen atoms in total. The Balaban J connectivity index is 2.23. The summed E-state index contributed by atoms with van der Waals surface area (Å²) < 4.78 is 1.85. The van der Waals surface area contributed by atoms with Crippen molar-refractivity contribution in [2.24, 2.45) is 7.05 Å². The minimum absolute atomic E-state index is 0.967. The van der Waals surface area contributed by atoms with E-state index >= 15 is 0 Å². The Labute approximate surface area is 98.5 Å². The number of rotatable bonds is 7. The predicted molar refractivity (Wildman–Crippen MR) is 68.4 cm³/mol. The molecule has 1 N–H and O–H groups in total. The molecule has 1 heterocycles. The molecule has 0 aromatic carbocycles. The molecule has 0 unspecified atom stereocenters. The van der Waals surface area contributed by atoms with Crippen LogP contribution in [-0.4, -0.2) is 22.9 Å². The topological polar surface area (TPSA) is 29.9 Å². The molecule has 0 fully saturated rings. The lowest BCUT2D eigenvalue weighted by Crippen LogP contribution is -2.15. The van der Waals surface area contributed by atoms with E-state index in [0.29, 0.717) is 0 Å². The van der Waals surface area contributed by atoms with Crippen LogP contribution in [0, 0.1) is 0 Å². The van der Waals surface area contributed by atoms with Crippen LogP contribution in [0.2, 0.25) is 0 Å². The van der Waals surface area contributed by atoms with Gasteiger partial charge in [0.15, 0.2) is 0 Å². The maximum absolute atomic E-state index is 4.37. The molecular formula is C13H23N3. The van der Waals surface area contributed by atoms with Gasteiger partial charge in [0.2, 0.25) is 0 Å². The van der Waals surface area contributed by atoms with Crippen molar-refractivity contribution < 1.29 is 0 Å². The van der Waals surface area contributed by atoms with E-state index in [0.717, 1.165) is 31.6 Å². The second-order valence-electron chi connectivity index (χ2n) is 4.25. The van der Waals surface area contributed by atoms with E-state index in [1.54, 1.807) is 0 Å². The van der Waals surface area contributed by atoms with Crippen molar-refractivity contribution in [2.75, 3.05) is 13.1 Å². The van der Waals surface area contributed by atoms with Gasteiger partial charge in [0.05, 0.1) is 5.69 Å². The maximum atomic E-state index is 4.37. The summed E-state index contributed by atoms with van der Waals surface area (Å²) in [6, 6.07) is 2.08. The first-order valence-corrected chi connectivity index (χ1v) is 6.07. The van der Waals surface area contributed by atoms with E-state index in [1.807, 2.05) is 17.9 Å². The summed E-state index contributed by atoms with van der Waals surface area (Å²) in [7, 11) is 1.96. The minimum Gasteiger partial charge on any atom is -0.316 e. The summed E-state index contributed by atoms with van der Waals surface area (Å²) in [5.41, 5.74) is 2.55. The monoisotopic (exact) mass is 221 g/mol. The first-order chi connectivity index (χ1) is 7.72. The fraction of sp³-hybridized carbons (Fsp3) is 0.615. The van der Waals surface area contributed by atoms with Crippen molar-refractivity contribution in [1.29, 1.82) is 0 Å². The summed E-state index contributed by atoms with van der Waals surface area (Å²) >= 11 is 0. The molecule has 1 aromatic rings. The van der Waals surface area contributed by atoms with Crippen LogP contribution >= 0.6 is 0 Å². The van der Waals surface area contributed by atoms with Crippen molar-refractivity contribution >= 4 is 0 Å². The van der Waals surface area contributed by atoms with Gasteiger partial charge in [-0.25, -0.2) is 0 Å². The first kappa shape index (κ1) is 13.0. The van der Waals surface area contributed by atoms with Gasteiger partial charge in [0, 0.05) is 19.7 Å². The van der Waals surface area contributed by atoms with Crippen molar-refractivity contribution in [3.8, 4) is 0 Å². The molecule has 0 spiro atoms. The van der Waals surface area contributed by atoms with Crippen LogP contribution in [-0.2, 0) is 13.5 Å². The molecule has 0 aliphatic rings. The molecule has 0 saturated heterocycles. The minimum atomic E-state index is 0.967. The van der Waals surface area contributed by atoms with E-state index in [4.69, 9.17) is 0 Å². The molecular weight excluding hydrogens is 198 g/mol. The van der Waals surface area contributed by atoms with Crippen LogP contribution in [0.3, 0.4) is 0 Å². The highest BCUT2D eigenvalue weighted by atomic mass is 15.2. The Hall–Kier alpha value is -1.09. The van der Waals surface area contributed by atoms with Gasteiger partial charge < -0.3 is 5.32 Å². The third kappa shape index (κ3) is 5.12. The first-order valence-electron chi connectivity index (χ1n) is 6.07. The van der Waals surface area contributed by atoms with Crippen molar-refractivity contribution in [1.82, 2.24) is 15.1 Å². The maximum Gasteiger partial charge on any atom is 0.0664 e. The summed E-state index contributed by atoms with van der Waals surface area (Å²) in [6.07, 6.45) is 7.58. The van der Waals surface area contributed by atoms with Gasteiger partial charge in [-0.05, 0) is 38.9 Å². The van der Waals surface area contributed by atoms with Gasteiger partial charge in [0.25, 0.3) is 0 Å². The van der Waals surface area contributed by atoms with E-state index in [9.17, 15) is 0 Å². The van der Waals surface area contributed by atoms with E-state index in [-0.39, 0.29) is 0 Å². The highest BCUT2D eigenvalue weighted by Crippen LogP contribution is 2.05. The third-order valence-corrected chi connectivity index (χ3v) is 2.47. The molecule has 16 heavy (non-hydrogen) atoms. The third-order valence-electron chi connectivity index (χ3n) is 2.47. The number of hydrogen-bond donors (Lipinski definition) is 1. The number of hydrogen-bond acceptors (Lipinski definition) is 2. The largest absolute Gasteiger partial charge is 0.316 e. The fourth-order valence-corrected chi connectivity index (χ4v) is 1.64. The Morgan fingerprint density at radius 2 is 2.31 bits per heavy atom. The number of aryl methyl sites for hydroxylation is 1. The average molecular weight is 221 g/mol. The van der Waals surface area contributed by atoms with Crippen molar-refractivity contribution in [3.63, 3.8) is 0 Å². The van der Waals surface area contributed by atoms with E-state index < -0.39 is 0 Å². The van der Waals surface area contributed by atoms with Gasteiger partial charge in [-0.1, -0.05) is 18.6 Å².